The molecule has 5 aliphatic rings. The number of carboxylic acid groups (broad SMARTS) is 1. The van der Waals surface area contributed by atoms with Crippen LogP contribution in [-0.4, -0.2) is 86.2 Å². The van der Waals surface area contributed by atoms with Gasteiger partial charge in [-0.1, -0.05) is 25.0 Å². The lowest BCUT2D eigenvalue weighted by Gasteiger charge is -2.29. The van der Waals surface area contributed by atoms with Gasteiger partial charge < -0.3 is 30.1 Å². The van der Waals surface area contributed by atoms with Crippen molar-refractivity contribution in [2.75, 3.05) is 6.54 Å². The minimum Gasteiger partial charge on any atom is -0.479 e. The first-order valence-corrected chi connectivity index (χ1v) is 16.1. The molecule has 3 fully saturated rings. The van der Waals surface area contributed by atoms with Crippen molar-refractivity contribution in [1.82, 2.24) is 25.4 Å². The molecule has 1 unspecified atom stereocenters. The predicted molar refractivity (Wildman–Crippen MR) is 158 cm³/mol. The Kier molecular flexibility index (Phi) is 8.95. The summed E-state index contributed by atoms with van der Waals surface area (Å²) in [5.74, 6) is -2.59. The molecule has 5 atom stereocenters. The van der Waals surface area contributed by atoms with Gasteiger partial charge in [-0.25, -0.2) is 14.4 Å². The van der Waals surface area contributed by atoms with E-state index in [2.05, 4.69) is 15.6 Å². The first-order valence-electron chi connectivity index (χ1n) is 16.1. The van der Waals surface area contributed by atoms with Crippen LogP contribution in [0.3, 0.4) is 0 Å². The summed E-state index contributed by atoms with van der Waals surface area (Å²) < 4.78 is 11.4. The first kappa shape index (κ1) is 30.8. The minimum atomic E-state index is -1.45. The molecule has 0 bridgehead atoms. The summed E-state index contributed by atoms with van der Waals surface area (Å²) in [5.41, 5.74) is 0.449. The third-order valence-corrected chi connectivity index (χ3v) is 9.74. The molecule has 0 radical (unpaired) electrons. The van der Waals surface area contributed by atoms with Crippen molar-refractivity contribution >= 4 is 30.0 Å². The topological polar surface area (TPSA) is 167 Å². The molecular formula is C32H41N5O8. The second-order valence-corrected chi connectivity index (χ2v) is 12.9. The number of carboxylic acids is 1. The lowest BCUT2D eigenvalue weighted by Crippen LogP contribution is -2.56. The van der Waals surface area contributed by atoms with Crippen molar-refractivity contribution in [1.29, 1.82) is 0 Å². The summed E-state index contributed by atoms with van der Waals surface area (Å²) in [5, 5.41) is 15.5. The summed E-state index contributed by atoms with van der Waals surface area (Å²) in [7, 11) is 0. The van der Waals surface area contributed by atoms with E-state index in [4.69, 9.17) is 9.47 Å². The van der Waals surface area contributed by atoms with E-state index in [0.29, 0.717) is 25.9 Å². The van der Waals surface area contributed by atoms with Gasteiger partial charge in [0.15, 0.2) is 0 Å². The number of pyridine rings is 1. The number of alkyl carbamates (subject to hydrolysis) is 1. The molecule has 0 spiro atoms. The van der Waals surface area contributed by atoms with Crippen LogP contribution in [0.5, 0.6) is 0 Å². The fraction of sp³-hybridized carbons (Fsp3) is 0.625. The maximum absolute atomic E-state index is 14.1. The highest BCUT2D eigenvalue weighted by Crippen LogP contribution is 2.45. The molecule has 0 aromatic carbocycles. The molecule has 1 aromatic rings. The first-order chi connectivity index (χ1) is 21.7. The van der Waals surface area contributed by atoms with Gasteiger partial charge in [-0.15, -0.1) is 0 Å². The highest BCUT2D eigenvalue weighted by Gasteiger charge is 2.61. The zero-order valence-electron chi connectivity index (χ0n) is 25.3. The smallest absolute Gasteiger partial charge is 0.410 e. The van der Waals surface area contributed by atoms with E-state index in [-0.39, 0.29) is 31.4 Å². The van der Waals surface area contributed by atoms with E-state index in [1.54, 1.807) is 12.4 Å². The van der Waals surface area contributed by atoms with Crippen LogP contribution in [0, 0.1) is 5.92 Å². The van der Waals surface area contributed by atoms with Crippen molar-refractivity contribution in [2.24, 2.45) is 5.92 Å². The molecule has 13 heteroatoms. The van der Waals surface area contributed by atoms with Gasteiger partial charge in [-0.3, -0.25) is 19.5 Å². The second-order valence-electron chi connectivity index (χ2n) is 12.9. The molecule has 13 nitrogen and oxygen atoms in total. The highest BCUT2D eigenvalue weighted by molar-refractivity contribution is 5.96. The number of carbonyl (C=O) groups excluding carboxylic acids is 4. The van der Waals surface area contributed by atoms with Crippen LogP contribution in [0.15, 0.2) is 30.6 Å². The third kappa shape index (κ3) is 6.76. The molecule has 2 aliphatic carbocycles. The van der Waals surface area contributed by atoms with E-state index in [1.807, 2.05) is 18.2 Å². The Balaban J connectivity index is 1.20. The molecule has 4 amide bonds. The number of amides is 4. The standard InChI is InChI=1S/C32H41N5O8/c38-27-26-14-24(45-31(43)36-17-20-12-13-33-16-21(20)18-36)19-37(26)28(39)25(34-30(42)44-23-9-6-7-10-23)11-5-3-1-2-4-8-22-15-32(22,35-27)29(40)41/h4,8,12-13,16,22-26H,1-3,5-7,9-11,14-15,17-19H2,(H,34,42)(H,35,38)(H,40,41)/t22-,24-,25+,26?,32-/m1/s1. The van der Waals surface area contributed by atoms with Crippen LogP contribution in [0.2, 0.25) is 0 Å². The van der Waals surface area contributed by atoms with Crippen molar-refractivity contribution in [3.63, 3.8) is 0 Å². The Morgan fingerprint density at radius 3 is 2.56 bits per heavy atom. The van der Waals surface area contributed by atoms with Crippen LogP contribution in [-0.2, 0) is 36.9 Å². The van der Waals surface area contributed by atoms with Gasteiger partial charge >= 0.3 is 18.2 Å². The number of fused-ring (bicyclic) bond motifs is 3. The number of nitrogens with one attached hydrogen (secondary N) is 2. The molecule has 3 aliphatic heterocycles. The predicted octanol–water partition coefficient (Wildman–Crippen LogP) is 3.02. The quantitative estimate of drug-likeness (QED) is 0.427. The molecule has 2 saturated carbocycles. The van der Waals surface area contributed by atoms with Gasteiger partial charge in [0, 0.05) is 31.3 Å². The second kappa shape index (κ2) is 13.1. The van der Waals surface area contributed by atoms with Crippen LogP contribution in [0.1, 0.15) is 81.8 Å². The Morgan fingerprint density at radius 2 is 1.78 bits per heavy atom. The van der Waals surface area contributed by atoms with Crippen LogP contribution >= 0.6 is 0 Å². The van der Waals surface area contributed by atoms with Crippen LogP contribution < -0.4 is 10.6 Å². The molecule has 1 aromatic heterocycles. The van der Waals surface area contributed by atoms with E-state index in [0.717, 1.165) is 56.1 Å². The van der Waals surface area contributed by atoms with Crippen LogP contribution in [0.4, 0.5) is 9.59 Å². The Hall–Kier alpha value is -4.16. The molecule has 45 heavy (non-hydrogen) atoms. The number of rotatable bonds is 4. The average molecular weight is 624 g/mol. The van der Waals surface area contributed by atoms with Crippen molar-refractivity contribution in [3.05, 3.63) is 41.7 Å². The summed E-state index contributed by atoms with van der Waals surface area (Å²) in [6, 6.07) is -0.189. The van der Waals surface area contributed by atoms with Gasteiger partial charge in [0.1, 0.15) is 29.8 Å². The van der Waals surface area contributed by atoms with Crippen molar-refractivity contribution in [3.8, 4) is 0 Å². The van der Waals surface area contributed by atoms with E-state index in [9.17, 15) is 29.1 Å². The summed E-state index contributed by atoms with van der Waals surface area (Å²) in [6.45, 7) is 0.637. The Bertz CT molecular complexity index is 1340. The van der Waals surface area contributed by atoms with Crippen LogP contribution in [0.25, 0.3) is 0 Å². The number of ether oxygens (including phenoxy) is 2. The number of nitrogens with zero attached hydrogens (tertiary/aromatic N) is 3. The SMILES string of the molecule is O=C(N[C@H]1CCCCCC=C[C@@H]2C[C@@]2(C(=O)O)NC(=O)C2C[C@@H](OC(=O)N3Cc4ccncc4C3)CN2C1=O)OC1CCCC1. The number of allylic oxidation sites excluding steroid dienone is 1. The lowest BCUT2D eigenvalue weighted by atomic mass is 10.0. The van der Waals surface area contributed by atoms with E-state index in [1.165, 1.54) is 9.80 Å². The Labute approximate surface area is 261 Å². The zero-order valence-corrected chi connectivity index (χ0v) is 25.3. The Morgan fingerprint density at radius 1 is 1.00 bits per heavy atom. The van der Waals surface area contributed by atoms with E-state index >= 15 is 0 Å². The maximum Gasteiger partial charge on any atom is 0.410 e. The molecule has 1 saturated heterocycles. The zero-order chi connectivity index (χ0) is 31.6. The van der Waals surface area contributed by atoms with Crippen molar-refractivity contribution < 1.29 is 38.6 Å². The molecule has 3 N–H and O–H groups in total. The minimum absolute atomic E-state index is 0.00109. The molecule has 4 heterocycles. The van der Waals surface area contributed by atoms with Gasteiger partial charge in [-0.2, -0.15) is 0 Å². The lowest BCUT2D eigenvalue weighted by molar-refractivity contribution is -0.145. The van der Waals surface area contributed by atoms with Gasteiger partial charge in [0.25, 0.3) is 0 Å². The maximum atomic E-state index is 14.1. The molecule has 242 valence electrons. The van der Waals surface area contributed by atoms with Gasteiger partial charge in [-0.05, 0) is 68.6 Å². The summed E-state index contributed by atoms with van der Waals surface area (Å²) in [6.07, 6.45) is 12.1. The fourth-order valence-corrected chi connectivity index (χ4v) is 7.05. The highest BCUT2D eigenvalue weighted by atomic mass is 16.6. The number of aliphatic carboxylic acids is 1. The fourth-order valence-electron chi connectivity index (χ4n) is 7.05. The largest absolute Gasteiger partial charge is 0.479 e. The van der Waals surface area contributed by atoms with E-state index < -0.39 is 53.7 Å². The summed E-state index contributed by atoms with van der Waals surface area (Å²) in [4.78, 5) is 73.2. The van der Waals surface area contributed by atoms with Crippen molar-refractivity contribution in [2.45, 2.75) is 114 Å². The van der Waals surface area contributed by atoms with Gasteiger partial charge in [0.2, 0.25) is 11.8 Å². The number of aromatic nitrogens is 1. The normalized spacial score (nSPS) is 30.3. The number of hydrogen-bond acceptors (Lipinski definition) is 8. The van der Waals surface area contributed by atoms with Gasteiger partial charge in [0.05, 0.1) is 13.1 Å². The number of carbonyl (C=O) groups is 5. The molecular weight excluding hydrogens is 582 g/mol. The average Bonchev–Trinajstić information content (AvgIpc) is 3.43. The third-order valence-electron chi connectivity index (χ3n) is 9.74. The monoisotopic (exact) mass is 623 g/mol. The molecule has 6 rings (SSSR count). The number of hydrogen-bond donors (Lipinski definition) is 3. The summed E-state index contributed by atoms with van der Waals surface area (Å²) >= 11 is 0.